The first-order valence-electron chi connectivity index (χ1n) is 14.3. The minimum atomic E-state index is -0.486. The maximum Gasteiger partial charge on any atom is 0.157 e. The third-order valence-corrected chi connectivity index (χ3v) is 11.7. The number of carbonyl (C=O) groups excluding carboxylic acids is 1. The van der Waals surface area contributed by atoms with Crippen LogP contribution in [-0.4, -0.2) is 38.6 Å². The topological polar surface area (TPSA) is 77.2 Å². The minimum absolute atomic E-state index is 0.0915. The molecular formula is C30H43N3O3. The van der Waals surface area contributed by atoms with E-state index in [-0.39, 0.29) is 11.3 Å². The van der Waals surface area contributed by atoms with E-state index in [0.29, 0.717) is 29.6 Å². The predicted octanol–water partition coefficient (Wildman–Crippen LogP) is 5.81. The first kappa shape index (κ1) is 24.4. The second kappa shape index (κ2) is 8.54. The number of benzene rings is 1. The number of nitrogens with zero attached hydrogens (tertiary/aromatic N) is 3. The Morgan fingerprint density at radius 1 is 1.11 bits per heavy atom. The summed E-state index contributed by atoms with van der Waals surface area (Å²) in [6.45, 7) is 7.18. The molecule has 4 saturated carbocycles. The van der Waals surface area contributed by atoms with Gasteiger partial charge in [-0.05, 0) is 118 Å². The summed E-state index contributed by atoms with van der Waals surface area (Å²) in [5.41, 5.74) is 1.66. The number of carbonyl (C=O) groups is 1. The summed E-state index contributed by atoms with van der Waals surface area (Å²) in [6.07, 6.45) is 11.5. The summed E-state index contributed by atoms with van der Waals surface area (Å²) in [5.74, 6) is 3.98. The van der Waals surface area contributed by atoms with Gasteiger partial charge in [0, 0.05) is 12.0 Å². The number of rotatable bonds is 5. The maximum absolute atomic E-state index is 13.8. The summed E-state index contributed by atoms with van der Waals surface area (Å²) in [6, 6.07) is 5.72. The van der Waals surface area contributed by atoms with Crippen molar-refractivity contribution in [3.8, 4) is 5.75 Å². The van der Waals surface area contributed by atoms with Crippen molar-refractivity contribution < 1.29 is 14.6 Å². The molecule has 0 amide bonds. The van der Waals surface area contributed by atoms with Crippen molar-refractivity contribution in [2.75, 3.05) is 7.11 Å². The lowest BCUT2D eigenvalue weighted by Crippen LogP contribution is -2.56. The van der Waals surface area contributed by atoms with Crippen molar-refractivity contribution in [1.82, 2.24) is 15.0 Å². The smallest absolute Gasteiger partial charge is 0.157 e. The van der Waals surface area contributed by atoms with Gasteiger partial charge in [-0.3, -0.25) is 4.79 Å². The van der Waals surface area contributed by atoms with Crippen LogP contribution in [0.3, 0.4) is 0 Å². The number of fused-ring (bicyclic) bond motifs is 6. The molecule has 1 heterocycles. The van der Waals surface area contributed by atoms with E-state index in [9.17, 15) is 9.90 Å². The molecule has 0 spiro atoms. The van der Waals surface area contributed by atoms with E-state index >= 15 is 0 Å². The Labute approximate surface area is 215 Å². The number of methoxy groups -OCH3 is 1. The Morgan fingerprint density at radius 2 is 1.94 bits per heavy atom. The van der Waals surface area contributed by atoms with Gasteiger partial charge in [0.2, 0.25) is 0 Å². The number of ketones is 1. The summed E-state index contributed by atoms with van der Waals surface area (Å²) >= 11 is 0. The van der Waals surface area contributed by atoms with Crippen LogP contribution in [0.1, 0.15) is 85.0 Å². The molecule has 4 aliphatic carbocycles. The van der Waals surface area contributed by atoms with Crippen molar-refractivity contribution in [3.63, 3.8) is 0 Å². The first-order chi connectivity index (χ1) is 17.2. The molecule has 4 fully saturated rings. The molecule has 1 N–H and O–H groups in total. The van der Waals surface area contributed by atoms with Crippen molar-refractivity contribution >= 4 is 16.8 Å². The Kier molecular flexibility index (Phi) is 5.79. The lowest BCUT2D eigenvalue weighted by Gasteiger charge is -2.63. The van der Waals surface area contributed by atoms with E-state index in [4.69, 9.17) is 4.74 Å². The Hall–Kier alpha value is -1.95. The normalized spacial score (nSPS) is 42.0. The van der Waals surface area contributed by atoms with Gasteiger partial charge in [0.1, 0.15) is 17.8 Å². The number of hydrogen-bond donors (Lipinski definition) is 1. The Morgan fingerprint density at radius 3 is 2.72 bits per heavy atom. The fourth-order valence-corrected chi connectivity index (χ4v) is 9.92. The van der Waals surface area contributed by atoms with Crippen LogP contribution in [0.4, 0.5) is 0 Å². The third-order valence-electron chi connectivity index (χ3n) is 11.7. The molecule has 0 unspecified atom stereocenters. The van der Waals surface area contributed by atoms with Gasteiger partial charge in [0.05, 0.1) is 18.2 Å². The number of ether oxygens (including phenoxy) is 1. The second-order valence-corrected chi connectivity index (χ2v) is 13.2. The average molecular weight is 494 g/mol. The number of aliphatic hydroxyl groups is 1. The summed E-state index contributed by atoms with van der Waals surface area (Å²) < 4.78 is 7.16. The summed E-state index contributed by atoms with van der Waals surface area (Å²) in [4.78, 5) is 13.8. The van der Waals surface area contributed by atoms with E-state index in [2.05, 4.69) is 31.1 Å². The number of hydrogen-bond acceptors (Lipinski definition) is 5. The molecule has 1 aromatic heterocycles. The van der Waals surface area contributed by atoms with Gasteiger partial charge in [0.25, 0.3) is 0 Å². The molecule has 6 rings (SSSR count). The zero-order valence-corrected chi connectivity index (χ0v) is 22.5. The average Bonchev–Trinajstić information content (AvgIpc) is 3.43. The van der Waals surface area contributed by atoms with Crippen LogP contribution < -0.4 is 4.74 Å². The van der Waals surface area contributed by atoms with Crippen molar-refractivity contribution in [2.45, 2.75) is 97.1 Å². The number of aromatic nitrogens is 3. The highest BCUT2D eigenvalue weighted by Gasteiger charge is 2.62. The molecular weight excluding hydrogens is 450 g/mol. The molecule has 196 valence electrons. The van der Waals surface area contributed by atoms with Gasteiger partial charge in [0.15, 0.2) is 5.78 Å². The van der Waals surface area contributed by atoms with Crippen LogP contribution in [-0.2, 0) is 11.3 Å². The molecule has 6 nitrogen and oxygen atoms in total. The second-order valence-electron chi connectivity index (χ2n) is 13.2. The van der Waals surface area contributed by atoms with Crippen LogP contribution >= 0.6 is 0 Å². The van der Waals surface area contributed by atoms with E-state index in [1.54, 1.807) is 11.8 Å². The molecule has 2 aromatic rings. The van der Waals surface area contributed by atoms with Gasteiger partial charge >= 0.3 is 0 Å². The van der Waals surface area contributed by atoms with E-state index in [1.165, 1.54) is 38.5 Å². The first-order valence-corrected chi connectivity index (χ1v) is 14.3. The van der Waals surface area contributed by atoms with Gasteiger partial charge in [-0.2, -0.15) is 0 Å². The highest BCUT2D eigenvalue weighted by molar-refractivity contribution is 5.84. The van der Waals surface area contributed by atoms with Crippen LogP contribution in [0.2, 0.25) is 0 Å². The molecule has 8 atom stereocenters. The highest BCUT2D eigenvalue weighted by atomic mass is 16.5. The quantitative estimate of drug-likeness (QED) is 0.569. The van der Waals surface area contributed by atoms with Crippen LogP contribution in [0.15, 0.2) is 18.2 Å². The fourth-order valence-electron chi connectivity index (χ4n) is 9.92. The van der Waals surface area contributed by atoms with Gasteiger partial charge in [-0.15, -0.1) is 5.10 Å². The van der Waals surface area contributed by atoms with E-state index in [0.717, 1.165) is 54.3 Å². The minimum Gasteiger partial charge on any atom is -0.497 e. The largest absolute Gasteiger partial charge is 0.497 e. The van der Waals surface area contributed by atoms with Crippen LogP contribution in [0, 0.1) is 40.4 Å². The van der Waals surface area contributed by atoms with Crippen molar-refractivity contribution in [1.29, 1.82) is 0 Å². The molecule has 0 saturated heterocycles. The predicted molar refractivity (Wildman–Crippen MR) is 140 cm³/mol. The van der Waals surface area contributed by atoms with Crippen LogP contribution in [0.5, 0.6) is 5.75 Å². The molecule has 0 radical (unpaired) electrons. The standard InChI is InChI=1S/C30H43N3O3/c1-5-30-15-14-28(2,35)17-19(30)6-8-21-22-9-10-24(29(22,3)13-12-23(21)30)27(34)18-33-26-16-20(36-4)7-11-25(26)31-32-33/h7,11,16,19,21-24,35H,5-6,8-10,12-15,17-18H2,1-4H3/t19-,21+,22+,23+,24-,28-,29+,30+/m1/s1. The third kappa shape index (κ3) is 3.57. The number of Topliss-reactive ketones (excluding diaryl/α,β-unsaturated/α-hetero) is 1. The Balaban J connectivity index is 1.23. The molecule has 0 bridgehead atoms. The highest BCUT2D eigenvalue weighted by Crippen LogP contribution is 2.69. The van der Waals surface area contributed by atoms with Crippen molar-refractivity contribution in [3.05, 3.63) is 18.2 Å². The molecule has 1 aromatic carbocycles. The monoisotopic (exact) mass is 493 g/mol. The SMILES string of the molecule is CC[C@]12CC[C@@](C)(O)C[C@H]1CC[C@H]1[C@@H]3CC[C@H](C(=O)Cn4nnc5ccc(OC)cc54)[C@@]3(C)CC[C@@H]12. The molecule has 0 aliphatic heterocycles. The summed E-state index contributed by atoms with van der Waals surface area (Å²) in [7, 11) is 1.65. The van der Waals surface area contributed by atoms with E-state index < -0.39 is 5.60 Å². The van der Waals surface area contributed by atoms with E-state index in [1.807, 2.05) is 18.2 Å². The Bertz CT molecular complexity index is 1160. The van der Waals surface area contributed by atoms with Gasteiger partial charge < -0.3 is 9.84 Å². The van der Waals surface area contributed by atoms with Gasteiger partial charge in [-0.1, -0.05) is 19.1 Å². The van der Waals surface area contributed by atoms with Gasteiger partial charge in [-0.25, -0.2) is 4.68 Å². The van der Waals surface area contributed by atoms with Crippen molar-refractivity contribution in [2.24, 2.45) is 40.4 Å². The van der Waals surface area contributed by atoms with Crippen LogP contribution in [0.25, 0.3) is 11.0 Å². The molecule has 4 aliphatic rings. The maximum atomic E-state index is 13.8. The molecule has 6 heteroatoms. The zero-order chi connectivity index (χ0) is 25.3. The lowest BCUT2D eigenvalue weighted by molar-refractivity contribution is -0.158. The molecule has 36 heavy (non-hydrogen) atoms. The fraction of sp³-hybridized carbons (Fsp3) is 0.767. The zero-order valence-electron chi connectivity index (χ0n) is 22.5. The summed E-state index contributed by atoms with van der Waals surface area (Å²) in [5, 5.41) is 19.5. The lowest BCUT2D eigenvalue weighted by atomic mass is 9.42.